The second kappa shape index (κ2) is 8.22. The summed E-state index contributed by atoms with van der Waals surface area (Å²) in [6.07, 6.45) is -4.69. The van der Waals surface area contributed by atoms with E-state index in [0.29, 0.717) is 6.07 Å². The number of urea groups is 1. The van der Waals surface area contributed by atoms with E-state index in [1.165, 1.54) is 12.1 Å². The number of ether oxygens (including phenoxy) is 1. The van der Waals surface area contributed by atoms with Gasteiger partial charge in [0.2, 0.25) is 0 Å². The molecule has 2 N–H and O–H groups in total. The molecule has 0 aliphatic heterocycles. The number of alkyl halides is 3. The van der Waals surface area contributed by atoms with E-state index in [-0.39, 0.29) is 23.9 Å². The summed E-state index contributed by atoms with van der Waals surface area (Å²) in [5.41, 5.74) is -1.54. The Labute approximate surface area is 149 Å². The molecule has 10 heteroatoms. The number of rotatable bonds is 5. The van der Waals surface area contributed by atoms with Crippen molar-refractivity contribution < 1.29 is 31.5 Å². The van der Waals surface area contributed by atoms with Crippen LogP contribution in [-0.4, -0.2) is 19.2 Å². The van der Waals surface area contributed by atoms with Crippen LogP contribution in [0.2, 0.25) is 5.02 Å². The predicted octanol–water partition coefficient (Wildman–Crippen LogP) is 4.84. The molecule has 0 bridgehead atoms. The molecule has 0 aliphatic carbocycles. The number of benzene rings is 2. The van der Waals surface area contributed by atoms with Gasteiger partial charge in [0.25, 0.3) is 0 Å². The molecule has 0 atom stereocenters. The fourth-order valence-electron chi connectivity index (χ4n) is 1.93. The Kier molecular flexibility index (Phi) is 6.25. The van der Waals surface area contributed by atoms with Crippen molar-refractivity contribution in [1.29, 1.82) is 0 Å². The van der Waals surface area contributed by atoms with Crippen molar-refractivity contribution in [2.75, 3.05) is 18.5 Å². The first-order valence-corrected chi connectivity index (χ1v) is 7.54. The van der Waals surface area contributed by atoms with Crippen LogP contribution in [0, 0.1) is 11.6 Å². The molecule has 0 aromatic heterocycles. The number of halogens is 6. The van der Waals surface area contributed by atoms with E-state index in [4.69, 9.17) is 16.3 Å². The lowest BCUT2D eigenvalue weighted by Crippen LogP contribution is -2.32. The second-order valence-corrected chi connectivity index (χ2v) is 5.43. The third-order valence-corrected chi connectivity index (χ3v) is 3.32. The van der Waals surface area contributed by atoms with Gasteiger partial charge in [0.1, 0.15) is 12.4 Å². The minimum Gasteiger partial charge on any atom is -0.492 e. The Bertz CT molecular complexity index is 799. The van der Waals surface area contributed by atoms with Crippen LogP contribution >= 0.6 is 11.6 Å². The molecule has 140 valence electrons. The number of nitrogens with one attached hydrogen (secondary N) is 2. The number of amides is 2. The van der Waals surface area contributed by atoms with E-state index in [0.717, 1.165) is 18.2 Å². The Balaban J connectivity index is 1.87. The fourth-order valence-corrected chi connectivity index (χ4v) is 2.10. The highest BCUT2D eigenvalue weighted by Crippen LogP contribution is 2.36. The van der Waals surface area contributed by atoms with Crippen molar-refractivity contribution in [2.24, 2.45) is 0 Å². The average molecular weight is 395 g/mol. The first kappa shape index (κ1) is 19.8. The zero-order valence-electron chi connectivity index (χ0n) is 13.0. The van der Waals surface area contributed by atoms with Crippen LogP contribution in [0.1, 0.15) is 5.56 Å². The number of carbonyl (C=O) groups is 1. The first-order valence-electron chi connectivity index (χ1n) is 7.16. The third-order valence-electron chi connectivity index (χ3n) is 3.08. The van der Waals surface area contributed by atoms with Crippen LogP contribution in [0.15, 0.2) is 36.4 Å². The highest BCUT2D eigenvalue weighted by Gasteiger charge is 2.34. The summed E-state index contributed by atoms with van der Waals surface area (Å²) in [5.74, 6) is -2.07. The van der Waals surface area contributed by atoms with Crippen molar-refractivity contribution in [3.8, 4) is 5.75 Å². The lowest BCUT2D eigenvalue weighted by molar-refractivity contribution is -0.136. The minimum absolute atomic E-state index is 0.0446. The lowest BCUT2D eigenvalue weighted by Gasteiger charge is -2.14. The van der Waals surface area contributed by atoms with Gasteiger partial charge in [0.15, 0.2) is 11.6 Å². The molecule has 2 aromatic carbocycles. The van der Waals surface area contributed by atoms with Gasteiger partial charge in [0, 0.05) is 11.1 Å². The van der Waals surface area contributed by atoms with Gasteiger partial charge in [-0.05, 0) is 30.3 Å². The van der Waals surface area contributed by atoms with Crippen LogP contribution in [0.4, 0.5) is 32.4 Å². The molecule has 0 fully saturated rings. The molecule has 2 aromatic rings. The van der Waals surface area contributed by atoms with E-state index in [1.807, 2.05) is 0 Å². The summed E-state index contributed by atoms with van der Waals surface area (Å²) >= 11 is 5.55. The summed E-state index contributed by atoms with van der Waals surface area (Å²) in [5, 5.41) is 4.22. The quantitative estimate of drug-likeness (QED) is 0.563. The Morgan fingerprint density at radius 2 is 1.81 bits per heavy atom. The van der Waals surface area contributed by atoms with Crippen LogP contribution in [-0.2, 0) is 6.18 Å². The molecule has 0 heterocycles. The van der Waals surface area contributed by atoms with E-state index < -0.39 is 35.1 Å². The Morgan fingerprint density at radius 1 is 1.08 bits per heavy atom. The molecule has 0 radical (unpaired) electrons. The monoisotopic (exact) mass is 394 g/mol. The lowest BCUT2D eigenvalue weighted by atomic mass is 10.1. The van der Waals surface area contributed by atoms with Gasteiger partial charge in [-0.2, -0.15) is 13.2 Å². The molecular formula is C16H12ClF5N2O2. The van der Waals surface area contributed by atoms with Crippen LogP contribution in [0.3, 0.4) is 0 Å². The van der Waals surface area contributed by atoms with Gasteiger partial charge in [-0.25, -0.2) is 13.6 Å². The standard InChI is InChI=1S/C16H12ClF5N2O2/c17-9-1-4-14(11(7-9)16(20,21)22)24-15(25)23-5-6-26-10-2-3-12(18)13(19)8-10/h1-4,7-8H,5-6H2,(H2,23,24,25). The number of anilines is 1. The van der Waals surface area contributed by atoms with Gasteiger partial charge in [0.05, 0.1) is 17.8 Å². The summed E-state index contributed by atoms with van der Waals surface area (Å²) in [4.78, 5) is 11.7. The highest BCUT2D eigenvalue weighted by molar-refractivity contribution is 6.30. The predicted molar refractivity (Wildman–Crippen MR) is 85.3 cm³/mol. The zero-order chi connectivity index (χ0) is 19.3. The zero-order valence-corrected chi connectivity index (χ0v) is 13.7. The number of hydrogen-bond donors (Lipinski definition) is 2. The molecule has 2 amide bonds. The largest absolute Gasteiger partial charge is 0.492 e. The van der Waals surface area contributed by atoms with Crippen molar-refractivity contribution in [3.63, 3.8) is 0 Å². The molecule has 0 spiro atoms. The van der Waals surface area contributed by atoms with Gasteiger partial charge >= 0.3 is 12.2 Å². The van der Waals surface area contributed by atoms with Gasteiger partial charge in [-0.3, -0.25) is 0 Å². The summed E-state index contributed by atoms with van der Waals surface area (Å²) in [7, 11) is 0. The Morgan fingerprint density at radius 3 is 2.46 bits per heavy atom. The van der Waals surface area contributed by atoms with Gasteiger partial charge in [-0.1, -0.05) is 11.6 Å². The van der Waals surface area contributed by atoms with E-state index in [2.05, 4.69) is 10.6 Å². The summed E-state index contributed by atoms with van der Waals surface area (Å²) < 4.78 is 69.6. The molecule has 4 nitrogen and oxygen atoms in total. The maximum atomic E-state index is 13.0. The molecule has 26 heavy (non-hydrogen) atoms. The third kappa shape index (κ3) is 5.48. The molecule has 0 saturated heterocycles. The summed E-state index contributed by atoms with van der Waals surface area (Å²) in [6, 6.07) is 4.95. The SMILES string of the molecule is O=C(NCCOc1ccc(F)c(F)c1)Nc1ccc(Cl)cc1C(F)(F)F. The molecule has 0 unspecified atom stereocenters. The fraction of sp³-hybridized carbons (Fsp3) is 0.188. The van der Waals surface area contributed by atoms with Gasteiger partial charge < -0.3 is 15.4 Å². The maximum absolute atomic E-state index is 13.0. The van der Waals surface area contributed by atoms with Crippen LogP contribution < -0.4 is 15.4 Å². The van der Waals surface area contributed by atoms with Crippen molar-refractivity contribution in [1.82, 2.24) is 5.32 Å². The van der Waals surface area contributed by atoms with Crippen molar-refractivity contribution in [2.45, 2.75) is 6.18 Å². The number of hydrogen-bond acceptors (Lipinski definition) is 2. The van der Waals surface area contributed by atoms with E-state index >= 15 is 0 Å². The van der Waals surface area contributed by atoms with Crippen LogP contribution in [0.25, 0.3) is 0 Å². The van der Waals surface area contributed by atoms with Gasteiger partial charge in [-0.15, -0.1) is 0 Å². The maximum Gasteiger partial charge on any atom is 0.418 e. The molecular weight excluding hydrogens is 383 g/mol. The molecule has 0 aliphatic rings. The van der Waals surface area contributed by atoms with E-state index in [9.17, 15) is 26.7 Å². The van der Waals surface area contributed by atoms with Crippen molar-refractivity contribution >= 4 is 23.3 Å². The highest BCUT2D eigenvalue weighted by atomic mass is 35.5. The normalized spacial score (nSPS) is 11.2. The van der Waals surface area contributed by atoms with Crippen molar-refractivity contribution in [3.05, 3.63) is 58.6 Å². The molecule has 0 saturated carbocycles. The number of carbonyl (C=O) groups excluding carboxylic acids is 1. The topological polar surface area (TPSA) is 50.4 Å². The minimum atomic E-state index is -4.69. The van der Waals surface area contributed by atoms with E-state index in [1.54, 1.807) is 0 Å². The van der Waals surface area contributed by atoms with Crippen LogP contribution in [0.5, 0.6) is 5.75 Å². The Hall–Kier alpha value is -2.55. The average Bonchev–Trinajstić information content (AvgIpc) is 2.55. The first-order chi connectivity index (χ1) is 12.2. The smallest absolute Gasteiger partial charge is 0.418 e. The second-order valence-electron chi connectivity index (χ2n) is 4.99. The summed E-state index contributed by atoms with van der Waals surface area (Å²) in [6.45, 7) is -0.189. The molecule has 2 rings (SSSR count).